The third-order valence-electron chi connectivity index (χ3n) is 3.72. The van der Waals surface area contributed by atoms with Crippen LogP contribution in [0.15, 0.2) is 24.3 Å². The summed E-state index contributed by atoms with van der Waals surface area (Å²) in [6, 6.07) is 9.20. The molecule has 1 aliphatic carbocycles. The number of hydrogen-bond donors (Lipinski definition) is 1. The fourth-order valence-electron chi connectivity index (χ4n) is 2.51. The smallest absolute Gasteiger partial charge is 0.0316 e. The molecule has 0 spiro atoms. The van der Waals surface area contributed by atoms with Gasteiger partial charge in [-0.2, -0.15) is 0 Å². The molecule has 0 aliphatic heterocycles. The van der Waals surface area contributed by atoms with E-state index in [1.54, 1.807) is 0 Å². The number of nitrogen functional groups attached to an aromatic ring is 1. The molecule has 1 saturated carbocycles. The van der Waals surface area contributed by atoms with E-state index in [4.69, 9.17) is 5.73 Å². The third-order valence-corrected chi connectivity index (χ3v) is 3.72. The van der Waals surface area contributed by atoms with Crippen molar-refractivity contribution in [3.8, 4) is 0 Å². The lowest BCUT2D eigenvalue weighted by molar-refractivity contribution is 0.256. The summed E-state index contributed by atoms with van der Waals surface area (Å²) in [7, 11) is 0. The summed E-state index contributed by atoms with van der Waals surface area (Å²) in [5.74, 6) is 0. The van der Waals surface area contributed by atoms with E-state index in [0.29, 0.717) is 0 Å². The Balaban J connectivity index is 1.72. The largest absolute Gasteiger partial charge is 0.399 e. The molecule has 1 aromatic rings. The predicted molar refractivity (Wildman–Crippen MR) is 78.7 cm³/mol. The van der Waals surface area contributed by atoms with Crippen LogP contribution in [0, 0.1) is 0 Å². The van der Waals surface area contributed by atoms with Crippen molar-refractivity contribution in [1.82, 2.24) is 4.90 Å². The number of rotatable bonds is 8. The Morgan fingerprint density at radius 2 is 2.00 bits per heavy atom. The first kappa shape index (κ1) is 13.4. The number of nitrogens with zero attached hydrogens (tertiary/aromatic N) is 1. The summed E-state index contributed by atoms with van der Waals surface area (Å²) in [5, 5.41) is 0. The molecule has 2 rings (SSSR count). The van der Waals surface area contributed by atoms with Crippen LogP contribution >= 0.6 is 0 Å². The molecule has 1 aromatic carbocycles. The molecule has 2 nitrogen and oxygen atoms in total. The van der Waals surface area contributed by atoms with Gasteiger partial charge in [-0.15, -0.1) is 0 Å². The van der Waals surface area contributed by atoms with Crippen LogP contribution in [0.2, 0.25) is 0 Å². The van der Waals surface area contributed by atoms with E-state index in [1.165, 1.54) is 50.8 Å². The predicted octanol–water partition coefficient (Wildman–Crippen LogP) is 3.47. The van der Waals surface area contributed by atoms with Gasteiger partial charge in [-0.25, -0.2) is 0 Å². The van der Waals surface area contributed by atoms with Crippen molar-refractivity contribution in [3.05, 3.63) is 29.8 Å². The maximum atomic E-state index is 5.80. The number of unbranched alkanes of at least 4 members (excludes halogenated alkanes) is 1. The van der Waals surface area contributed by atoms with Gasteiger partial charge < -0.3 is 10.6 Å². The lowest BCUT2D eigenvalue weighted by Gasteiger charge is -2.21. The van der Waals surface area contributed by atoms with Crippen molar-refractivity contribution in [2.75, 3.05) is 18.8 Å². The van der Waals surface area contributed by atoms with Gasteiger partial charge in [-0.3, -0.25) is 0 Å². The fraction of sp³-hybridized carbons (Fsp3) is 0.625. The minimum Gasteiger partial charge on any atom is -0.399 e. The van der Waals surface area contributed by atoms with Crippen molar-refractivity contribution in [2.24, 2.45) is 0 Å². The minimum atomic E-state index is 0.887. The molecule has 0 atom stereocenters. The lowest BCUT2D eigenvalue weighted by Crippen LogP contribution is -2.28. The standard InChI is InChI=1S/C16H26N2/c1-2-3-11-18(16-9-10-16)12-5-7-14-6-4-8-15(17)13-14/h4,6,8,13,16H,2-3,5,7,9-12,17H2,1H3. The van der Waals surface area contributed by atoms with Crippen LogP contribution in [0.1, 0.15) is 44.6 Å². The molecular weight excluding hydrogens is 220 g/mol. The Bertz CT molecular complexity index is 358. The van der Waals surface area contributed by atoms with Crippen molar-refractivity contribution >= 4 is 5.69 Å². The Kier molecular flexibility index (Phi) is 5.06. The van der Waals surface area contributed by atoms with Crippen LogP contribution in [0.25, 0.3) is 0 Å². The second kappa shape index (κ2) is 6.79. The molecule has 1 aliphatic rings. The zero-order chi connectivity index (χ0) is 12.8. The number of nitrogens with two attached hydrogens (primary N) is 1. The second-order valence-electron chi connectivity index (χ2n) is 5.47. The zero-order valence-electron chi connectivity index (χ0n) is 11.6. The van der Waals surface area contributed by atoms with Gasteiger partial charge in [-0.1, -0.05) is 25.5 Å². The molecule has 0 bridgehead atoms. The number of anilines is 1. The fourth-order valence-corrected chi connectivity index (χ4v) is 2.51. The van der Waals surface area contributed by atoms with Crippen molar-refractivity contribution in [2.45, 2.75) is 51.5 Å². The normalized spacial score (nSPS) is 15.2. The molecule has 0 amide bonds. The highest BCUT2D eigenvalue weighted by Gasteiger charge is 2.27. The zero-order valence-corrected chi connectivity index (χ0v) is 11.6. The molecule has 0 radical (unpaired) electrons. The van der Waals surface area contributed by atoms with E-state index in [-0.39, 0.29) is 0 Å². The van der Waals surface area contributed by atoms with Gasteiger partial charge in [0.05, 0.1) is 0 Å². The molecule has 18 heavy (non-hydrogen) atoms. The van der Waals surface area contributed by atoms with E-state index in [0.717, 1.165) is 18.2 Å². The number of hydrogen-bond acceptors (Lipinski definition) is 2. The van der Waals surface area contributed by atoms with Gasteiger partial charge >= 0.3 is 0 Å². The molecule has 1 fully saturated rings. The highest BCUT2D eigenvalue weighted by molar-refractivity contribution is 5.40. The lowest BCUT2D eigenvalue weighted by atomic mass is 10.1. The highest BCUT2D eigenvalue weighted by Crippen LogP contribution is 2.27. The van der Waals surface area contributed by atoms with E-state index in [9.17, 15) is 0 Å². The quantitative estimate of drug-likeness (QED) is 0.712. The first-order chi connectivity index (χ1) is 8.79. The Morgan fingerprint density at radius 3 is 2.67 bits per heavy atom. The van der Waals surface area contributed by atoms with E-state index >= 15 is 0 Å². The highest BCUT2D eigenvalue weighted by atomic mass is 15.2. The summed E-state index contributed by atoms with van der Waals surface area (Å²) in [6.07, 6.45) is 7.89. The molecule has 0 aromatic heterocycles. The van der Waals surface area contributed by atoms with Gasteiger partial charge in [0.15, 0.2) is 0 Å². The van der Waals surface area contributed by atoms with Crippen LogP contribution in [0.3, 0.4) is 0 Å². The first-order valence-electron chi connectivity index (χ1n) is 7.38. The number of benzene rings is 1. The van der Waals surface area contributed by atoms with E-state index in [1.807, 2.05) is 6.07 Å². The summed E-state index contributed by atoms with van der Waals surface area (Å²) < 4.78 is 0. The van der Waals surface area contributed by atoms with Crippen LogP contribution in [-0.4, -0.2) is 24.0 Å². The Labute approximate surface area is 111 Å². The molecule has 0 heterocycles. The summed E-state index contributed by atoms with van der Waals surface area (Å²) in [6.45, 7) is 4.81. The van der Waals surface area contributed by atoms with Gasteiger partial charge in [0.1, 0.15) is 0 Å². The monoisotopic (exact) mass is 246 g/mol. The SMILES string of the molecule is CCCCN(CCCc1cccc(N)c1)C1CC1. The van der Waals surface area contributed by atoms with Crippen LogP contribution in [0.5, 0.6) is 0 Å². The van der Waals surface area contributed by atoms with Gasteiger partial charge in [0, 0.05) is 11.7 Å². The molecule has 2 N–H and O–H groups in total. The number of aryl methyl sites for hydroxylation is 1. The third kappa shape index (κ3) is 4.34. The van der Waals surface area contributed by atoms with Crippen molar-refractivity contribution in [1.29, 1.82) is 0 Å². The van der Waals surface area contributed by atoms with Gasteiger partial charge in [-0.05, 0) is 62.9 Å². The average Bonchev–Trinajstić information content (AvgIpc) is 3.18. The van der Waals surface area contributed by atoms with E-state index < -0.39 is 0 Å². The Morgan fingerprint density at radius 1 is 1.22 bits per heavy atom. The van der Waals surface area contributed by atoms with Crippen LogP contribution in [0.4, 0.5) is 5.69 Å². The minimum absolute atomic E-state index is 0.887. The van der Waals surface area contributed by atoms with Gasteiger partial charge in [0.25, 0.3) is 0 Å². The van der Waals surface area contributed by atoms with Crippen LogP contribution in [-0.2, 0) is 6.42 Å². The summed E-state index contributed by atoms with van der Waals surface area (Å²) in [4.78, 5) is 2.69. The van der Waals surface area contributed by atoms with Crippen molar-refractivity contribution in [3.63, 3.8) is 0 Å². The van der Waals surface area contributed by atoms with Gasteiger partial charge in [0.2, 0.25) is 0 Å². The Hall–Kier alpha value is -1.02. The average molecular weight is 246 g/mol. The first-order valence-corrected chi connectivity index (χ1v) is 7.38. The molecule has 100 valence electrons. The summed E-state index contributed by atoms with van der Waals surface area (Å²) in [5.41, 5.74) is 8.07. The molecular formula is C16H26N2. The molecule has 0 unspecified atom stereocenters. The van der Waals surface area contributed by atoms with E-state index in [2.05, 4.69) is 30.0 Å². The van der Waals surface area contributed by atoms with Crippen LogP contribution < -0.4 is 5.73 Å². The topological polar surface area (TPSA) is 29.3 Å². The molecule has 0 saturated heterocycles. The van der Waals surface area contributed by atoms with Crippen molar-refractivity contribution < 1.29 is 0 Å². The second-order valence-corrected chi connectivity index (χ2v) is 5.47. The molecule has 2 heteroatoms. The summed E-state index contributed by atoms with van der Waals surface area (Å²) >= 11 is 0. The maximum absolute atomic E-state index is 5.80. The maximum Gasteiger partial charge on any atom is 0.0316 e.